The molecule has 1 aromatic heterocycles. The van der Waals surface area contributed by atoms with Crippen molar-refractivity contribution >= 4 is 5.82 Å². The van der Waals surface area contributed by atoms with Gasteiger partial charge in [-0.15, -0.1) is 0 Å². The molecule has 0 aliphatic rings. The van der Waals surface area contributed by atoms with Crippen molar-refractivity contribution in [2.45, 2.75) is 53.4 Å². The van der Waals surface area contributed by atoms with Gasteiger partial charge in [0.2, 0.25) is 0 Å². The van der Waals surface area contributed by atoms with Crippen LogP contribution in [0.4, 0.5) is 5.82 Å². The van der Waals surface area contributed by atoms with Crippen molar-refractivity contribution in [3.63, 3.8) is 0 Å². The summed E-state index contributed by atoms with van der Waals surface area (Å²) >= 11 is 0. The van der Waals surface area contributed by atoms with Gasteiger partial charge in [-0.1, -0.05) is 27.7 Å². The molecule has 3 nitrogen and oxygen atoms in total. The summed E-state index contributed by atoms with van der Waals surface area (Å²) in [6.07, 6.45) is 2.10. The molecule has 1 aromatic rings. The molecule has 17 heavy (non-hydrogen) atoms. The van der Waals surface area contributed by atoms with Crippen LogP contribution in [-0.4, -0.2) is 16.5 Å². The van der Waals surface area contributed by atoms with E-state index in [1.54, 1.807) is 0 Å². The highest BCUT2D eigenvalue weighted by Crippen LogP contribution is 2.21. The Labute approximate surface area is 105 Å². The van der Waals surface area contributed by atoms with Gasteiger partial charge in [-0.05, 0) is 25.7 Å². The lowest BCUT2D eigenvalue weighted by Crippen LogP contribution is -2.09. The molecule has 0 fully saturated rings. The highest BCUT2D eigenvalue weighted by molar-refractivity contribution is 5.36. The summed E-state index contributed by atoms with van der Waals surface area (Å²) < 4.78 is 0. The van der Waals surface area contributed by atoms with E-state index in [4.69, 9.17) is 0 Å². The fraction of sp³-hybridized carbons (Fsp3) is 0.714. The molecule has 0 saturated heterocycles. The van der Waals surface area contributed by atoms with E-state index < -0.39 is 0 Å². The van der Waals surface area contributed by atoms with Crippen molar-refractivity contribution in [1.29, 1.82) is 0 Å². The van der Waals surface area contributed by atoms with Gasteiger partial charge in [-0.3, -0.25) is 0 Å². The van der Waals surface area contributed by atoms with Crippen molar-refractivity contribution in [2.24, 2.45) is 5.92 Å². The Morgan fingerprint density at radius 2 is 1.88 bits per heavy atom. The van der Waals surface area contributed by atoms with Crippen LogP contribution in [0.1, 0.15) is 58.5 Å². The van der Waals surface area contributed by atoms with Gasteiger partial charge in [0, 0.05) is 24.2 Å². The van der Waals surface area contributed by atoms with Crippen molar-refractivity contribution in [3.8, 4) is 0 Å². The zero-order chi connectivity index (χ0) is 12.8. The molecule has 96 valence electrons. The van der Waals surface area contributed by atoms with Gasteiger partial charge in [0.25, 0.3) is 0 Å². The number of aryl methyl sites for hydroxylation is 1. The Morgan fingerprint density at radius 3 is 2.41 bits per heavy atom. The molecule has 1 atom stereocenters. The first-order valence-electron chi connectivity index (χ1n) is 6.68. The van der Waals surface area contributed by atoms with Gasteiger partial charge in [0.15, 0.2) is 0 Å². The van der Waals surface area contributed by atoms with Crippen LogP contribution in [0.2, 0.25) is 0 Å². The summed E-state index contributed by atoms with van der Waals surface area (Å²) in [5.41, 5.74) is 1.13. The predicted molar refractivity (Wildman–Crippen MR) is 73.4 cm³/mol. The summed E-state index contributed by atoms with van der Waals surface area (Å²) in [5, 5.41) is 3.28. The zero-order valence-corrected chi connectivity index (χ0v) is 11.7. The lowest BCUT2D eigenvalue weighted by Gasteiger charge is -2.15. The number of nitrogens with zero attached hydrogens (tertiary/aromatic N) is 2. The molecule has 1 rings (SSSR count). The number of nitrogens with one attached hydrogen (secondary N) is 1. The zero-order valence-electron chi connectivity index (χ0n) is 11.7. The van der Waals surface area contributed by atoms with E-state index in [0.29, 0.717) is 11.8 Å². The Hall–Kier alpha value is -1.12. The number of anilines is 1. The largest absolute Gasteiger partial charge is 0.370 e. The van der Waals surface area contributed by atoms with Gasteiger partial charge < -0.3 is 5.32 Å². The quantitative estimate of drug-likeness (QED) is 0.818. The van der Waals surface area contributed by atoms with Gasteiger partial charge in [-0.25, -0.2) is 9.97 Å². The van der Waals surface area contributed by atoms with Crippen molar-refractivity contribution in [1.82, 2.24) is 9.97 Å². The topological polar surface area (TPSA) is 37.8 Å². The molecule has 0 aliphatic heterocycles. The smallest absolute Gasteiger partial charge is 0.133 e. The van der Waals surface area contributed by atoms with Gasteiger partial charge >= 0.3 is 0 Å². The summed E-state index contributed by atoms with van der Waals surface area (Å²) in [7, 11) is 0. The molecule has 1 unspecified atom stereocenters. The van der Waals surface area contributed by atoms with E-state index in [-0.39, 0.29) is 0 Å². The SMILES string of the molecule is CCNc1cc(CC)nc(C(C)CC(C)C)n1. The lowest BCUT2D eigenvalue weighted by atomic mass is 9.98. The van der Waals surface area contributed by atoms with E-state index in [1.165, 1.54) is 0 Å². The second-order valence-corrected chi connectivity index (χ2v) is 5.02. The van der Waals surface area contributed by atoms with Crippen LogP contribution in [0, 0.1) is 5.92 Å². The molecule has 1 N–H and O–H groups in total. The Balaban J connectivity index is 2.93. The van der Waals surface area contributed by atoms with E-state index in [2.05, 4.69) is 56.0 Å². The molecule has 0 radical (unpaired) electrons. The predicted octanol–water partition coefficient (Wildman–Crippen LogP) is 3.62. The second-order valence-electron chi connectivity index (χ2n) is 5.02. The van der Waals surface area contributed by atoms with Crippen LogP contribution < -0.4 is 5.32 Å². The fourth-order valence-electron chi connectivity index (χ4n) is 2.00. The van der Waals surface area contributed by atoms with Crippen molar-refractivity contribution in [3.05, 3.63) is 17.6 Å². The van der Waals surface area contributed by atoms with Crippen molar-refractivity contribution < 1.29 is 0 Å². The third-order valence-corrected chi connectivity index (χ3v) is 2.78. The minimum absolute atomic E-state index is 0.430. The third kappa shape index (κ3) is 4.33. The van der Waals surface area contributed by atoms with E-state index in [0.717, 1.165) is 36.7 Å². The standard InChI is InChI=1S/C14H25N3/c1-6-12-9-13(15-7-2)17-14(16-12)11(5)8-10(3)4/h9-11H,6-8H2,1-5H3,(H,15,16,17). The van der Waals surface area contributed by atoms with E-state index in [9.17, 15) is 0 Å². The van der Waals surface area contributed by atoms with Crippen molar-refractivity contribution in [2.75, 3.05) is 11.9 Å². The average Bonchev–Trinajstić information content (AvgIpc) is 2.28. The van der Waals surface area contributed by atoms with Gasteiger partial charge in [0.1, 0.15) is 11.6 Å². The van der Waals surface area contributed by atoms with Crippen LogP contribution in [0.5, 0.6) is 0 Å². The first kappa shape index (κ1) is 13.9. The van der Waals surface area contributed by atoms with Crippen LogP contribution >= 0.6 is 0 Å². The van der Waals surface area contributed by atoms with E-state index in [1.807, 2.05) is 0 Å². The summed E-state index contributed by atoms with van der Waals surface area (Å²) in [6, 6.07) is 2.05. The maximum Gasteiger partial charge on any atom is 0.133 e. The molecule has 3 heteroatoms. The normalized spacial score (nSPS) is 12.8. The molecule has 0 amide bonds. The molecular formula is C14H25N3. The molecule has 0 saturated carbocycles. The molecule has 0 spiro atoms. The first-order valence-corrected chi connectivity index (χ1v) is 6.68. The summed E-state index contributed by atoms with van der Waals surface area (Å²) in [6.45, 7) is 11.8. The monoisotopic (exact) mass is 235 g/mol. The van der Waals surface area contributed by atoms with Gasteiger partial charge in [-0.2, -0.15) is 0 Å². The maximum atomic E-state index is 4.64. The summed E-state index contributed by atoms with van der Waals surface area (Å²) in [5.74, 6) is 3.05. The van der Waals surface area contributed by atoms with Crippen LogP contribution in [0.15, 0.2) is 6.07 Å². The Bertz CT molecular complexity index is 347. The number of aromatic nitrogens is 2. The maximum absolute atomic E-state index is 4.64. The number of rotatable bonds is 6. The second kappa shape index (κ2) is 6.58. The Kier molecular flexibility index (Phi) is 5.39. The van der Waals surface area contributed by atoms with Crippen LogP contribution in [0.3, 0.4) is 0 Å². The minimum Gasteiger partial charge on any atom is -0.370 e. The molecule has 1 heterocycles. The number of hydrogen-bond donors (Lipinski definition) is 1. The molecule has 0 aliphatic carbocycles. The molecule has 0 bridgehead atoms. The van der Waals surface area contributed by atoms with Crippen LogP contribution in [-0.2, 0) is 6.42 Å². The average molecular weight is 235 g/mol. The lowest BCUT2D eigenvalue weighted by molar-refractivity contribution is 0.506. The molecule has 0 aromatic carbocycles. The summed E-state index contributed by atoms with van der Waals surface area (Å²) in [4.78, 5) is 9.24. The number of hydrogen-bond acceptors (Lipinski definition) is 3. The highest BCUT2D eigenvalue weighted by atomic mass is 15.0. The Morgan fingerprint density at radius 1 is 1.18 bits per heavy atom. The van der Waals surface area contributed by atoms with E-state index >= 15 is 0 Å². The van der Waals surface area contributed by atoms with Gasteiger partial charge in [0.05, 0.1) is 0 Å². The fourth-order valence-corrected chi connectivity index (χ4v) is 2.00. The third-order valence-electron chi connectivity index (χ3n) is 2.78. The molecular weight excluding hydrogens is 210 g/mol. The first-order chi connectivity index (χ1) is 8.06. The highest BCUT2D eigenvalue weighted by Gasteiger charge is 2.12. The van der Waals surface area contributed by atoms with Crippen LogP contribution in [0.25, 0.3) is 0 Å². The minimum atomic E-state index is 0.430.